The first-order valence-corrected chi connectivity index (χ1v) is 9.53. The van der Waals surface area contributed by atoms with Crippen LogP contribution in [0.1, 0.15) is 18.1 Å². The predicted octanol–water partition coefficient (Wildman–Crippen LogP) is 5.19. The van der Waals surface area contributed by atoms with Crippen LogP contribution >= 0.6 is 15.9 Å². The standard InChI is InChI=1S/C22H21BrN2O3/c1-14(22(26)28-3)10-17-11-16-12-18(23)6-9-20(16)25-21(17)24-13-15-4-7-19(27-2)8-5-15/h4-12H,13H2,1-3H3,(H,24,25). The Morgan fingerprint density at radius 1 is 1.14 bits per heavy atom. The normalized spacial score (nSPS) is 11.4. The lowest BCUT2D eigenvalue weighted by Gasteiger charge is -2.12. The van der Waals surface area contributed by atoms with Gasteiger partial charge in [0.2, 0.25) is 0 Å². The van der Waals surface area contributed by atoms with Gasteiger partial charge >= 0.3 is 5.97 Å². The number of carbonyl (C=O) groups is 1. The van der Waals surface area contributed by atoms with Gasteiger partial charge in [-0.15, -0.1) is 0 Å². The fraction of sp³-hybridized carbons (Fsp3) is 0.182. The average molecular weight is 441 g/mol. The number of hydrogen-bond donors (Lipinski definition) is 1. The van der Waals surface area contributed by atoms with Gasteiger partial charge in [0.15, 0.2) is 0 Å². The highest BCUT2D eigenvalue weighted by Gasteiger charge is 2.10. The summed E-state index contributed by atoms with van der Waals surface area (Å²) >= 11 is 3.49. The fourth-order valence-corrected chi connectivity index (χ4v) is 3.18. The largest absolute Gasteiger partial charge is 0.497 e. The zero-order valence-electron chi connectivity index (χ0n) is 16.0. The molecule has 5 nitrogen and oxygen atoms in total. The second-order valence-corrected chi connectivity index (χ2v) is 7.20. The highest BCUT2D eigenvalue weighted by molar-refractivity contribution is 9.10. The minimum absolute atomic E-state index is 0.365. The molecule has 28 heavy (non-hydrogen) atoms. The molecule has 0 radical (unpaired) electrons. The molecule has 0 fully saturated rings. The van der Waals surface area contributed by atoms with Crippen molar-refractivity contribution in [2.45, 2.75) is 13.5 Å². The van der Waals surface area contributed by atoms with Crippen molar-refractivity contribution in [1.82, 2.24) is 4.98 Å². The van der Waals surface area contributed by atoms with Crippen molar-refractivity contribution in [3.8, 4) is 5.75 Å². The molecule has 144 valence electrons. The third kappa shape index (κ3) is 4.70. The lowest BCUT2D eigenvalue weighted by Crippen LogP contribution is -2.05. The lowest BCUT2D eigenvalue weighted by molar-refractivity contribution is -0.135. The highest BCUT2D eigenvalue weighted by Crippen LogP contribution is 2.26. The van der Waals surface area contributed by atoms with Gasteiger partial charge in [0.25, 0.3) is 0 Å². The topological polar surface area (TPSA) is 60.5 Å². The Morgan fingerprint density at radius 3 is 2.57 bits per heavy atom. The number of fused-ring (bicyclic) bond motifs is 1. The molecule has 2 aromatic carbocycles. The van der Waals surface area contributed by atoms with Crippen LogP contribution in [0.3, 0.4) is 0 Å². The van der Waals surface area contributed by atoms with Gasteiger partial charge in [0.1, 0.15) is 11.6 Å². The van der Waals surface area contributed by atoms with E-state index in [-0.39, 0.29) is 5.97 Å². The Balaban J connectivity index is 1.96. The van der Waals surface area contributed by atoms with Crippen LogP contribution in [0.5, 0.6) is 5.75 Å². The monoisotopic (exact) mass is 440 g/mol. The molecule has 1 N–H and O–H groups in total. The maximum atomic E-state index is 11.8. The quantitative estimate of drug-likeness (QED) is 0.421. The van der Waals surface area contributed by atoms with Crippen molar-refractivity contribution in [1.29, 1.82) is 0 Å². The number of esters is 1. The molecule has 0 aliphatic carbocycles. The number of carbonyl (C=O) groups excluding carboxylic acids is 1. The molecule has 0 spiro atoms. The zero-order valence-corrected chi connectivity index (χ0v) is 17.5. The van der Waals surface area contributed by atoms with Crippen molar-refractivity contribution in [3.05, 3.63) is 69.7 Å². The Kier molecular flexibility index (Phi) is 6.31. The number of aromatic nitrogens is 1. The molecule has 3 aromatic rings. The molecule has 0 bridgehead atoms. The number of halogens is 1. The summed E-state index contributed by atoms with van der Waals surface area (Å²) in [5.41, 5.74) is 3.29. The van der Waals surface area contributed by atoms with Gasteiger partial charge in [-0.1, -0.05) is 28.1 Å². The summed E-state index contributed by atoms with van der Waals surface area (Å²) in [5.74, 6) is 1.15. The van der Waals surface area contributed by atoms with E-state index in [1.807, 2.05) is 48.5 Å². The van der Waals surface area contributed by atoms with Gasteiger partial charge in [0.05, 0.1) is 19.7 Å². The van der Waals surface area contributed by atoms with Gasteiger partial charge in [0, 0.05) is 27.5 Å². The molecule has 0 aliphatic heterocycles. The predicted molar refractivity (Wildman–Crippen MR) is 115 cm³/mol. The molecule has 0 unspecified atom stereocenters. The van der Waals surface area contributed by atoms with E-state index >= 15 is 0 Å². The van der Waals surface area contributed by atoms with E-state index in [0.29, 0.717) is 17.9 Å². The second kappa shape index (κ2) is 8.89. The molecule has 0 saturated heterocycles. The van der Waals surface area contributed by atoms with Crippen molar-refractivity contribution in [3.63, 3.8) is 0 Å². The first kappa shape index (κ1) is 19.9. The van der Waals surface area contributed by atoms with Crippen LogP contribution < -0.4 is 10.1 Å². The number of methoxy groups -OCH3 is 2. The summed E-state index contributed by atoms with van der Waals surface area (Å²) in [6, 6.07) is 15.8. The third-order valence-corrected chi connectivity index (χ3v) is 4.80. The molecule has 3 rings (SSSR count). The second-order valence-electron chi connectivity index (χ2n) is 6.28. The zero-order chi connectivity index (χ0) is 20.1. The number of anilines is 1. The summed E-state index contributed by atoms with van der Waals surface area (Å²) in [7, 11) is 3.02. The number of hydrogen-bond acceptors (Lipinski definition) is 5. The van der Waals surface area contributed by atoms with E-state index < -0.39 is 0 Å². The van der Waals surface area contributed by atoms with E-state index in [9.17, 15) is 4.79 Å². The van der Waals surface area contributed by atoms with Crippen molar-refractivity contribution < 1.29 is 14.3 Å². The van der Waals surface area contributed by atoms with E-state index in [0.717, 1.165) is 32.3 Å². The number of pyridine rings is 1. The van der Waals surface area contributed by atoms with E-state index in [1.165, 1.54) is 7.11 Å². The molecule has 6 heteroatoms. The summed E-state index contributed by atoms with van der Waals surface area (Å²) in [6.07, 6.45) is 1.79. The average Bonchev–Trinajstić information content (AvgIpc) is 2.71. The van der Waals surface area contributed by atoms with Crippen molar-refractivity contribution in [2.24, 2.45) is 0 Å². The van der Waals surface area contributed by atoms with E-state index in [2.05, 4.69) is 21.2 Å². The SMILES string of the molecule is COC(=O)C(C)=Cc1cc2cc(Br)ccc2nc1NCc1ccc(OC)cc1. The van der Waals surface area contributed by atoms with Crippen LogP contribution in [-0.4, -0.2) is 25.2 Å². The Bertz CT molecular complexity index is 1030. The molecule has 0 saturated carbocycles. The Hall–Kier alpha value is -2.86. The van der Waals surface area contributed by atoms with Gasteiger partial charge in [-0.3, -0.25) is 0 Å². The highest BCUT2D eigenvalue weighted by atomic mass is 79.9. The van der Waals surface area contributed by atoms with Gasteiger partial charge in [-0.2, -0.15) is 0 Å². The van der Waals surface area contributed by atoms with Crippen LogP contribution in [0.2, 0.25) is 0 Å². The maximum absolute atomic E-state index is 11.8. The minimum Gasteiger partial charge on any atom is -0.497 e. The molecule has 0 amide bonds. The van der Waals surface area contributed by atoms with E-state index in [4.69, 9.17) is 14.5 Å². The Morgan fingerprint density at radius 2 is 1.89 bits per heavy atom. The molecule has 0 aliphatic rings. The number of rotatable bonds is 6. The summed E-state index contributed by atoms with van der Waals surface area (Å²) in [4.78, 5) is 16.6. The Labute approximate surface area is 172 Å². The number of nitrogens with one attached hydrogen (secondary N) is 1. The number of nitrogens with zero attached hydrogens (tertiary/aromatic N) is 1. The van der Waals surface area contributed by atoms with Crippen molar-refractivity contribution in [2.75, 3.05) is 19.5 Å². The summed E-state index contributed by atoms with van der Waals surface area (Å²) < 4.78 is 11.0. The summed E-state index contributed by atoms with van der Waals surface area (Å²) in [6.45, 7) is 2.32. The number of ether oxygens (including phenoxy) is 2. The van der Waals surface area contributed by atoms with Gasteiger partial charge < -0.3 is 14.8 Å². The molecular formula is C22H21BrN2O3. The first-order chi connectivity index (χ1) is 13.5. The number of benzene rings is 2. The van der Waals surface area contributed by atoms with Crippen LogP contribution in [0.25, 0.3) is 17.0 Å². The van der Waals surface area contributed by atoms with Crippen molar-refractivity contribution >= 4 is 44.7 Å². The van der Waals surface area contributed by atoms with E-state index in [1.54, 1.807) is 20.1 Å². The van der Waals surface area contributed by atoms with Crippen LogP contribution in [0, 0.1) is 0 Å². The third-order valence-electron chi connectivity index (χ3n) is 4.30. The van der Waals surface area contributed by atoms with Crippen LogP contribution in [0.4, 0.5) is 5.82 Å². The smallest absolute Gasteiger partial charge is 0.333 e. The molecular weight excluding hydrogens is 420 g/mol. The fourth-order valence-electron chi connectivity index (χ4n) is 2.80. The molecule has 1 heterocycles. The lowest BCUT2D eigenvalue weighted by atomic mass is 10.1. The first-order valence-electron chi connectivity index (χ1n) is 8.74. The van der Waals surface area contributed by atoms with Gasteiger partial charge in [-0.05, 0) is 55.0 Å². The molecule has 1 aromatic heterocycles. The maximum Gasteiger partial charge on any atom is 0.333 e. The summed E-state index contributed by atoms with van der Waals surface area (Å²) in [5, 5.41) is 4.36. The minimum atomic E-state index is -0.365. The van der Waals surface area contributed by atoms with Crippen LogP contribution in [0.15, 0.2) is 58.6 Å². The van der Waals surface area contributed by atoms with Gasteiger partial charge in [-0.25, -0.2) is 9.78 Å². The van der Waals surface area contributed by atoms with Crippen LogP contribution in [-0.2, 0) is 16.1 Å². The molecule has 0 atom stereocenters.